The first kappa shape index (κ1) is 16.3. The van der Waals surface area contributed by atoms with Crippen LogP contribution in [0.3, 0.4) is 0 Å². The van der Waals surface area contributed by atoms with Crippen molar-refractivity contribution in [2.75, 3.05) is 26.2 Å². The van der Waals surface area contributed by atoms with E-state index in [1.165, 1.54) is 24.7 Å². The second-order valence-corrected chi connectivity index (χ2v) is 6.87. The molecule has 8 heteroatoms. The monoisotopic (exact) mass is 344 g/mol. The second kappa shape index (κ2) is 6.97. The fourth-order valence-electron chi connectivity index (χ4n) is 3.06. The number of oxazole rings is 1. The van der Waals surface area contributed by atoms with Gasteiger partial charge in [-0.1, -0.05) is 0 Å². The van der Waals surface area contributed by atoms with Gasteiger partial charge >= 0.3 is 0 Å². The molecule has 2 aromatic rings. The highest BCUT2D eigenvalue weighted by Crippen LogP contribution is 2.19. The van der Waals surface area contributed by atoms with Crippen molar-refractivity contribution in [2.24, 2.45) is 0 Å². The number of aromatic nitrogens is 3. The summed E-state index contributed by atoms with van der Waals surface area (Å²) in [6.45, 7) is 6.61. The fourth-order valence-corrected chi connectivity index (χ4v) is 3.06. The minimum Gasteiger partial charge on any atom is -0.447 e. The first-order valence-corrected chi connectivity index (χ1v) is 8.87. The van der Waals surface area contributed by atoms with Crippen molar-refractivity contribution in [3.8, 4) is 0 Å². The molecule has 8 nitrogen and oxygen atoms in total. The molecule has 0 bridgehead atoms. The summed E-state index contributed by atoms with van der Waals surface area (Å²) in [6.07, 6.45) is 5.79. The number of H-pyrrole nitrogens is 1. The Bertz CT molecular complexity index is 727. The van der Waals surface area contributed by atoms with Crippen LogP contribution in [-0.2, 0) is 13.1 Å². The molecule has 0 spiro atoms. The van der Waals surface area contributed by atoms with Gasteiger partial charge in [0.1, 0.15) is 6.26 Å². The Kier molecular flexibility index (Phi) is 4.54. The summed E-state index contributed by atoms with van der Waals surface area (Å²) in [4.78, 5) is 21.1. The summed E-state index contributed by atoms with van der Waals surface area (Å²) in [5, 5.41) is 10.4. The van der Waals surface area contributed by atoms with E-state index in [1.807, 2.05) is 18.0 Å². The highest BCUT2D eigenvalue weighted by Gasteiger charge is 2.25. The number of aryl methyl sites for hydroxylation is 1. The van der Waals surface area contributed by atoms with Gasteiger partial charge in [-0.15, -0.1) is 0 Å². The molecule has 0 atom stereocenters. The Morgan fingerprint density at radius 3 is 2.84 bits per heavy atom. The number of amides is 1. The molecule has 4 rings (SSSR count). The third kappa shape index (κ3) is 3.91. The maximum Gasteiger partial charge on any atom is 0.275 e. The molecule has 2 fully saturated rings. The zero-order valence-corrected chi connectivity index (χ0v) is 14.5. The van der Waals surface area contributed by atoms with E-state index in [1.54, 1.807) is 0 Å². The third-order valence-corrected chi connectivity index (χ3v) is 4.88. The highest BCUT2D eigenvalue weighted by molar-refractivity contribution is 5.92. The maximum atomic E-state index is 12.6. The highest BCUT2D eigenvalue weighted by atomic mass is 16.3. The van der Waals surface area contributed by atoms with Crippen molar-refractivity contribution in [2.45, 2.75) is 38.9 Å². The number of nitrogens with one attached hydrogen (secondary N) is 2. The molecule has 1 amide bonds. The fraction of sp³-hybridized carbons (Fsp3) is 0.588. The predicted octanol–water partition coefficient (Wildman–Crippen LogP) is 0.916. The normalized spacial score (nSPS) is 18.7. The molecule has 0 unspecified atom stereocenters. The molecular weight excluding hydrogens is 320 g/mol. The topological polar surface area (TPSA) is 90.3 Å². The average Bonchev–Trinajstić information content (AvgIpc) is 3.19. The minimum absolute atomic E-state index is 0.0411. The van der Waals surface area contributed by atoms with Gasteiger partial charge in [-0.05, 0) is 19.8 Å². The van der Waals surface area contributed by atoms with Gasteiger partial charge < -0.3 is 14.6 Å². The van der Waals surface area contributed by atoms with Crippen LogP contribution in [0.1, 0.15) is 40.5 Å². The lowest BCUT2D eigenvalue weighted by molar-refractivity contribution is 0.0622. The van der Waals surface area contributed by atoms with Crippen LogP contribution in [0.4, 0.5) is 0 Å². The van der Waals surface area contributed by atoms with Gasteiger partial charge in [-0.2, -0.15) is 5.10 Å². The molecule has 25 heavy (non-hydrogen) atoms. The molecule has 3 heterocycles. The molecule has 1 saturated heterocycles. The second-order valence-electron chi connectivity index (χ2n) is 6.87. The smallest absolute Gasteiger partial charge is 0.275 e. The van der Waals surface area contributed by atoms with E-state index in [4.69, 9.17) is 4.42 Å². The van der Waals surface area contributed by atoms with Crippen molar-refractivity contribution in [3.05, 3.63) is 35.3 Å². The number of aromatic amines is 1. The van der Waals surface area contributed by atoms with Crippen molar-refractivity contribution < 1.29 is 9.21 Å². The molecular formula is C17H24N6O2. The lowest BCUT2D eigenvalue weighted by Crippen LogP contribution is -2.48. The Morgan fingerprint density at radius 2 is 2.16 bits per heavy atom. The quantitative estimate of drug-likeness (QED) is 0.810. The van der Waals surface area contributed by atoms with Gasteiger partial charge in [-0.25, -0.2) is 4.98 Å². The molecule has 2 aliphatic rings. The lowest BCUT2D eigenvalue weighted by atomic mass is 10.2. The van der Waals surface area contributed by atoms with Crippen LogP contribution in [0.5, 0.6) is 0 Å². The molecule has 0 radical (unpaired) electrons. The van der Waals surface area contributed by atoms with Gasteiger partial charge in [-0.3, -0.25) is 14.8 Å². The van der Waals surface area contributed by atoms with E-state index in [2.05, 4.69) is 25.4 Å². The van der Waals surface area contributed by atoms with Gasteiger partial charge in [0.2, 0.25) is 5.89 Å². The maximum absolute atomic E-state index is 12.6. The van der Waals surface area contributed by atoms with E-state index in [-0.39, 0.29) is 5.91 Å². The molecule has 134 valence electrons. The van der Waals surface area contributed by atoms with Crippen LogP contribution in [0.15, 0.2) is 16.9 Å². The van der Waals surface area contributed by atoms with Crippen molar-refractivity contribution >= 4 is 5.91 Å². The first-order chi connectivity index (χ1) is 12.2. The summed E-state index contributed by atoms with van der Waals surface area (Å²) in [6, 6.07) is 0.595. The Labute approximate surface area is 146 Å². The van der Waals surface area contributed by atoms with E-state index in [0.29, 0.717) is 37.3 Å². The zero-order chi connectivity index (χ0) is 17.2. The van der Waals surface area contributed by atoms with Crippen molar-refractivity contribution in [1.29, 1.82) is 0 Å². The van der Waals surface area contributed by atoms with Gasteiger partial charge in [0, 0.05) is 50.0 Å². The SMILES string of the molecule is Cc1[nH]ncc1CN1CCN(C(=O)c2coc(CNC3CC3)n2)CC1. The van der Waals surface area contributed by atoms with Crippen LogP contribution >= 0.6 is 0 Å². The van der Waals surface area contributed by atoms with Crippen molar-refractivity contribution in [3.63, 3.8) is 0 Å². The summed E-state index contributed by atoms with van der Waals surface area (Å²) in [5.41, 5.74) is 2.73. The predicted molar refractivity (Wildman–Crippen MR) is 90.9 cm³/mol. The van der Waals surface area contributed by atoms with Gasteiger partial charge in [0.05, 0.1) is 12.7 Å². The Hall–Kier alpha value is -2.19. The molecule has 1 aliphatic heterocycles. The number of rotatable bonds is 6. The van der Waals surface area contributed by atoms with E-state index in [9.17, 15) is 4.79 Å². The Morgan fingerprint density at radius 1 is 1.36 bits per heavy atom. The molecule has 1 aliphatic carbocycles. The van der Waals surface area contributed by atoms with Crippen LogP contribution < -0.4 is 5.32 Å². The third-order valence-electron chi connectivity index (χ3n) is 4.88. The lowest BCUT2D eigenvalue weighted by Gasteiger charge is -2.34. The molecule has 2 N–H and O–H groups in total. The average molecular weight is 344 g/mol. The summed E-state index contributed by atoms with van der Waals surface area (Å²) in [7, 11) is 0. The number of hydrogen-bond acceptors (Lipinski definition) is 6. The summed E-state index contributed by atoms with van der Waals surface area (Å²) >= 11 is 0. The van der Waals surface area contributed by atoms with Crippen LogP contribution in [0.2, 0.25) is 0 Å². The summed E-state index contributed by atoms with van der Waals surface area (Å²) in [5.74, 6) is 0.546. The van der Waals surface area contributed by atoms with Crippen LogP contribution in [0.25, 0.3) is 0 Å². The van der Waals surface area contributed by atoms with Gasteiger partial charge in [0.25, 0.3) is 5.91 Å². The number of carbonyl (C=O) groups excluding carboxylic acids is 1. The van der Waals surface area contributed by atoms with Gasteiger partial charge in [0.15, 0.2) is 5.69 Å². The van der Waals surface area contributed by atoms with Crippen LogP contribution in [-0.4, -0.2) is 63.1 Å². The van der Waals surface area contributed by atoms with E-state index in [0.717, 1.165) is 25.3 Å². The van der Waals surface area contributed by atoms with E-state index >= 15 is 0 Å². The molecule has 1 saturated carbocycles. The number of nitrogens with zero attached hydrogens (tertiary/aromatic N) is 4. The largest absolute Gasteiger partial charge is 0.447 e. The number of carbonyl (C=O) groups is 1. The summed E-state index contributed by atoms with van der Waals surface area (Å²) < 4.78 is 5.42. The molecule has 0 aromatic carbocycles. The minimum atomic E-state index is -0.0411. The Balaban J connectivity index is 1.28. The standard InChI is InChI=1S/C17H24N6O2/c1-12-13(8-19-21-12)10-22-4-6-23(7-5-22)17(24)15-11-25-16(20-15)9-18-14-2-3-14/h8,11,14,18H,2-7,9-10H2,1H3,(H,19,21). The number of hydrogen-bond donors (Lipinski definition) is 2. The van der Waals surface area contributed by atoms with E-state index < -0.39 is 0 Å². The number of piperazine rings is 1. The molecule has 2 aromatic heterocycles. The zero-order valence-electron chi connectivity index (χ0n) is 14.5. The first-order valence-electron chi connectivity index (χ1n) is 8.87. The van der Waals surface area contributed by atoms with Crippen molar-refractivity contribution in [1.82, 2.24) is 30.3 Å². The van der Waals surface area contributed by atoms with Crippen LogP contribution in [0, 0.1) is 6.92 Å².